The molecule has 38 heavy (non-hydrogen) atoms. The van der Waals surface area contributed by atoms with Gasteiger partial charge in [0, 0.05) is 6.42 Å². The molecular formula is C30H41BN2O5. The zero-order chi connectivity index (χ0) is 27.7. The molecule has 2 aliphatic rings. The number of carbonyl (C=O) groups excluding carboxylic acids is 2. The lowest BCUT2D eigenvalue weighted by Gasteiger charge is -2.32. The van der Waals surface area contributed by atoms with Crippen LogP contribution in [0.4, 0.5) is 4.79 Å². The lowest BCUT2D eigenvalue weighted by Crippen LogP contribution is -2.50. The second-order valence-electron chi connectivity index (χ2n) is 12.4. The van der Waals surface area contributed by atoms with Gasteiger partial charge in [0.15, 0.2) is 0 Å². The number of carbonyl (C=O) groups is 2. The van der Waals surface area contributed by atoms with Gasteiger partial charge in [-0.3, -0.25) is 4.79 Å². The summed E-state index contributed by atoms with van der Waals surface area (Å²) in [5.41, 5.74) is 2.72. The molecule has 2 atom stereocenters. The molecule has 7 nitrogen and oxygen atoms in total. The van der Waals surface area contributed by atoms with Crippen LogP contribution in [0.3, 0.4) is 0 Å². The molecule has 1 aliphatic carbocycles. The van der Waals surface area contributed by atoms with Crippen LogP contribution in [-0.4, -0.2) is 42.0 Å². The normalized spacial score (nSPS) is 20.8. The van der Waals surface area contributed by atoms with E-state index in [1.54, 1.807) is 20.8 Å². The summed E-state index contributed by atoms with van der Waals surface area (Å²) in [7, 11) is -0.459. The number of nitrogens with one attached hydrogen (secondary N) is 2. The lowest BCUT2D eigenvalue weighted by atomic mass is 9.78. The maximum absolute atomic E-state index is 13.5. The SMILES string of the molecule is CC(C)(C)OC(=O)N[C@@H](Cc1ccc(B2OC(C)(C)C(C)(C)O2)cc1)C(=O)N[C@@H]1CCCc2ccccc21. The molecule has 4 rings (SSSR count). The lowest BCUT2D eigenvalue weighted by molar-refractivity contribution is -0.124. The minimum absolute atomic E-state index is 0.0823. The van der Waals surface area contributed by atoms with Crippen LogP contribution in [0.1, 0.15) is 84.0 Å². The van der Waals surface area contributed by atoms with Gasteiger partial charge in [0.2, 0.25) is 5.91 Å². The molecule has 0 unspecified atom stereocenters. The zero-order valence-electron chi connectivity index (χ0n) is 23.7. The second-order valence-corrected chi connectivity index (χ2v) is 12.4. The van der Waals surface area contributed by atoms with Crippen LogP contribution >= 0.6 is 0 Å². The van der Waals surface area contributed by atoms with Crippen molar-refractivity contribution in [3.63, 3.8) is 0 Å². The summed E-state index contributed by atoms with van der Waals surface area (Å²) in [6.45, 7) is 13.5. The van der Waals surface area contributed by atoms with Gasteiger partial charge < -0.3 is 24.7 Å². The van der Waals surface area contributed by atoms with Crippen molar-refractivity contribution in [1.82, 2.24) is 10.6 Å². The number of rotatable bonds is 6. The predicted molar refractivity (Wildman–Crippen MR) is 149 cm³/mol. The summed E-state index contributed by atoms with van der Waals surface area (Å²) in [5, 5.41) is 5.99. The van der Waals surface area contributed by atoms with E-state index in [1.807, 2.05) is 64.1 Å². The maximum atomic E-state index is 13.5. The maximum Gasteiger partial charge on any atom is 0.494 e. The van der Waals surface area contributed by atoms with Crippen molar-refractivity contribution >= 4 is 24.6 Å². The van der Waals surface area contributed by atoms with Crippen molar-refractivity contribution in [2.45, 2.75) is 103 Å². The fourth-order valence-electron chi connectivity index (χ4n) is 4.86. The average molecular weight is 520 g/mol. The smallest absolute Gasteiger partial charge is 0.444 e. The van der Waals surface area contributed by atoms with Gasteiger partial charge in [-0.25, -0.2) is 4.79 Å². The first-order valence-corrected chi connectivity index (χ1v) is 13.6. The molecule has 1 fully saturated rings. The van der Waals surface area contributed by atoms with Crippen molar-refractivity contribution in [3.8, 4) is 0 Å². The highest BCUT2D eigenvalue weighted by molar-refractivity contribution is 6.62. The van der Waals surface area contributed by atoms with Crippen LogP contribution in [-0.2, 0) is 31.7 Å². The molecule has 1 saturated heterocycles. The Hall–Kier alpha value is -2.84. The third-order valence-electron chi connectivity index (χ3n) is 7.64. The van der Waals surface area contributed by atoms with Crippen molar-refractivity contribution < 1.29 is 23.6 Å². The molecule has 0 bridgehead atoms. The molecular weight excluding hydrogens is 479 g/mol. The van der Waals surface area contributed by atoms with Crippen LogP contribution in [0.5, 0.6) is 0 Å². The van der Waals surface area contributed by atoms with Crippen LogP contribution < -0.4 is 16.1 Å². The monoisotopic (exact) mass is 520 g/mol. The number of ether oxygens (including phenoxy) is 1. The van der Waals surface area contributed by atoms with E-state index in [9.17, 15) is 9.59 Å². The highest BCUT2D eigenvalue weighted by Gasteiger charge is 2.51. The summed E-state index contributed by atoms with van der Waals surface area (Å²) in [6.07, 6.45) is 2.59. The Bertz CT molecular complexity index is 1140. The van der Waals surface area contributed by atoms with Gasteiger partial charge in [0.25, 0.3) is 0 Å². The first-order valence-electron chi connectivity index (χ1n) is 13.6. The molecule has 0 saturated carbocycles. The molecule has 204 valence electrons. The minimum atomic E-state index is -0.790. The number of hydrogen-bond donors (Lipinski definition) is 2. The first-order chi connectivity index (χ1) is 17.7. The molecule has 8 heteroatoms. The van der Waals surface area contributed by atoms with E-state index >= 15 is 0 Å². The minimum Gasteiger partial charge on any atom is -0.444 e. The summed E-state index contributed by atoms with van der Waals surface area (Å²) in [6, 6.07) is 15.2. The quantitative estimate of drug-likeness (QED) is 0.544. The third-order valence-corrected chi connectivity index (χ3v) is 7.64. The number of amides is 2. The molecule has 0 radical (unpaired) electrons. The summed E-state index contributed by atoms with van der Waals surface area (Å²) in [5.74, 6) is -0.229. The van der Waals surface area contributed by atoms with Crippen LogP contribution in [0.25, 0.3) is 0 Å². The average Bonchev–Trinajstić information content (AvgIpc) is 3.05. The molecule has 2 aromatic rings. The van der Waals surface area contributed by atoms with Crippen molar-refractivity contribution in [3.05, 3.63) is 65.2 Å². The Labute approximate surface area is 227 Å². The highest BCUT2D eigenvalue weighted by atomic mass is 16.7. The number of fused-ring (bicyclic) bond motifs is 1. The van der Waals surface area contributed by atoms with E-state index in [0.717, 1.165) is 35.9 Å². The molecule has 2 amide bonds. The number of hydrogen-bond acceptors (Lipinski definition) is 5. The Morgan fingerprint density at radius 1 is 1.03 bits per heavy atom. The van der Waals surface area contributed by atoms with Crippen molar-refractivity contribution in [1.29, 1.82) is 0 Å². The van der Waals surface area contributed by atoms with Crippen molar-refractivity contribution in [2.75, 3.05) is 0 Å². The van der Waals surface area contributed by atoms with Gasteiger partial charge in [-0.1, -0.05) is 48.5 Å². The van der Waals surface area contributed by atoms with Gasteiger partial charge in [0.05, 0.1) is 17.2 Å². The van der Waals surface area contributed by atoms with Crippen LogP contribution in [0, 0.1) is 0 Å². The Kier molecular flexibility index (Phi) is 7.96. The largest absolute Gasteiger partial charge is 0.494 e. The summed E-state index contributed by atoms with van der Waals surface area (Å²) >= 11 is 0. The molecule has 0 spiro atoms. The highest BCUT2D eigenvalue weighted by Crippen LogP contribution is 2.36. The topological polar surface area (TPSA) is 85.9 Å². The number of alkyl carbamates (subject to hydrolysis) is 1. The van der Waals surface area contributed by atoms with Crippen molar-refractivity contribution in [2.24, 2.45) is 0 Å². The molecule has 2 aromatic carbocycles. The van der Waals surface area contributed by atoms with Gasteiger partial charge >= 0.3 is 13.2 Å². The van der Waals surface area contributed by atoms with Crippen LogP contribution in [0.2, 0.25) is 0 Å². The van der Waals surface area contributed by atoms with E-state index < -0.39 is 36.1 Å². The van der Waals surface area contributed by atoms with E-state index in [-0.39, 0.29) is 11.9 Å². The number of benzene rings is 2. The second kappa shape index (κ2) is 10.7. The summed E-state index contributed by atoms with van der Waals surface area (Å²) < 4.78 is 17.8. The van der Waals surface area contributed by atoms with E-state index in [4.69, 9.17) is 14.0 Å². The van der Waals surface area contributed by atoms with E-state index in [1.165, 1.54) is 5.56 Å². The zero-order valence-corrected chi connectivity index (χ0v) is 23.7. The Morgan fingerprint density at radius 3 is 2.29 bits per heavy atom. The predicted octanol–water partition coefficient (Wildman–Crippen LogP) is 4.62. The summed E-state index contributed by atoms with van der Waals surface area (Å²) in [4.78, 5) is 26.2. The Morgan fingerprint density at radius 2 is 1.66 bits per heavy atom. The van der Waals surface area contributed by atoms with Gasteiger partial charge in [-0.15, -0.1) is 0 Å². The van der Waals surface area contributed by atoms with E-state index in [0.29, 0.717) is 6.42 Å². The number of aryl methyl sites for hydroxylation is 1. The Balaban J connectivity index is 1.49. The third kappa shape index (κ3) is 6.59. The standard InChI is InChI=1S/C30H41BN2O5/c1-28(2,3)36-27(35)33-25(26(34)32-24-14-10-12-21-11-8-9-13-23(21)24)19-20-15-17-22(18-16-20)31-37-29(4,5)30(6,7)38-31/h8-9,11,13,15-18,24-25H,10,12,14,19H2,1-7H3,(H,32,34)(H,33,35)/t24-,25+/m1/s1. The molecule has 2 N–H and O–H groups in total. The molecule has 0 aromatic heterocycles. The molecule has 1 heterocycles. The fraction of sp³-hybridized carbons (Fsp3) is 0.533. The van der Waals surface area contributed by atoms with Gasteiger partial charge in [-0.05, 0) is 89.9 Å². The van der Waals surface area contributed by atoms with E-state index in [2.05, 4.69) is 22.8 Å². The van der Waals surface area contributed by atoms with Gasteiger partial charge in [-0.2, -0.15) is 0 Å². The van der Waals surface area contributed by atoms with Crippen LogP contribution in [0.15, 0.2) is 48.5 Å². The van der Waals surface area contributed by atoms with Gasteiger partial charge in [0.1, 0.15) is 11.6 Å². The first kappa shape index (κ1) is 28.2. The fourth-order valence-corrected chi connectivity index (χ4v) is 4.86. The molecule has 1 aliphatic heterocycles.